The molecule has 0 saturated carbocycles. The van der Waals surface area contributed by atoms with Crippen LogP contribution in [-0.2, 0) is 0 Å². The summed E-state index contributed by atoms with van der Waals surface area (Å²) in [6.07, 6.45) is 0. The summed E-state index contributed by atoms with van der Waals surface area (Å²) in [4.78, 5) is 15.8. The highest BCUT2D eigenvalue weighted by Gasteiger charge is 2.23. The Balaban J connectivity index is 0.00000112. The Bertz CT molecular complexity index is 3100. The first-order chi connectivity index (χ1) is 29.8. The van der Waals surface area contributed by atoms with Gasteiger partial charge in [-0.05, 0) is 46.5 Å². The monoisotopic (exact) mass is 775 g/mol. The van der Waals surface area contributed by atoms with Gasteiger partial charge in [0.1, 0.15) is 0 Å². The second kappa shape index (κ2) is 16.7. The number of hydrogen-bond donors (Lipinski definition) is 0. The van der Waals surface area contributed by atoms with Gasteiger partial charge in [-0.1, -0.05) is 204 Å². The molecular weight excluding hydrogens is 731 g/mol. The van der Waals surface area contributed by atoms with Crippen molar-refractivity contribution in [1.29, 1.82) is 0 Å². The standard InChI is InChI=1S/C51H33N5.2C2H6/c1-4-14-34(15-5-1)36-24-28-38(29-25-36)49-52-50(39-30-26-37(27-31-39)35-16-6-2-7-17-35)54-51(53-49)56-46-23-13-11-21-42(46)44-33-32-43-41-20-10-12-22-45(41)55(47(43)48(44)56)40-18-8-3-9-19-40;2*1-2/h1-33H;2*1-2H3. The molecule has 0 radical (unpaired) electrons. The van der Waals surface area contributed by atoms with Crippen molar-refractivity contribution in [2.75, 3.05) is 0 Å². The minimum atomic E-state index is 0.563. The van der Waals surface area contributed by atoms with Crippen LogP contribution >= 0.6 is 0 Å². The molecule has 0 N–H and O–H groups in total. The Hall–Kier alpha value is -7.63. The smallest absolute Gasteiger partial charge is 0.238 e. The molecular formula is C55H45N5. The van der Waals surface area contributed by atoms with E-state index in [1.165, 1.54) is 10.8 Å². The molecule has 0 spiro atoms. The number of rotatable bonds is 6. The molecule has 0 amide bonds. The normalized spacial score (nSPS) is 11.0. The lowest BCUT2D eigenvalue weighted by Crippen LogP contribution is -2.07. The third-order valence-electron chi connectivity index (χ3n) is 10.8. The summed E-state index contributed by atoms with van der Waals surface area (Å²) < 4.78 is 4.63. The number of fused-ring (bicyclic) bond motifs is 7. The first-order valence-electron chi connectivity index (χ1n) is 20.9. The molecule has 0 aliphatic heterocycles. The molecule has 60 heavy (non-hydrogen) atoms. The van der Waals surface area contributed by atoms with Gasteiger partial charge < -0.3 is 4.57 Å². The Kier molecular flexibility index (Phi) is 10.5. The van der Waals surface area contributed by atoms with Gasteiger partial charge in [0.15, 0.2) is 11.6 Å². The van der Waals surface area contributed by atoms with E-state index >= 15 is 0 Å². The van der Waals surface area contributed by atoms with E-state index in [-0.39, 0.29) is 0 Å². The van der Waals surface area contributed by atoms with Crippen molar-refractivity contribution < 1.29 is 0 Å². The quantitative estimate of drug-likeness (QED) is 0.169. The van der Waals surface area contributed by atoms with E-state index in [2.05, 4.69) is 197 Å². The SMILES string of the molecule is CC.CC.c1ccc(-c2ccc(-c3nc(-c4ccc(-c5ccccc5)cc4)nc(-n4c5ccccc5c5ccc6c7ccccc7n(-c7ccccc7)c6c54)n3)cc2)cc1. The van der Waals surface area contributed by atoms with Gasteiger partial charge in [0.2, 0.25) is 5.95 Å². The zero-order valence-corrected chi connectivity index (χ0v) is 34.3. The van der Waals surface area contributed by atoms with Crippen LogP contribution in [0.4, 0.5) is 0 Å². The van der Waals surface area contributed by atoms with E-state index in [0.717, 1.165) is 71.9 Å². The van der Waals surface area contributed by atoms with Crippen LogP contribution in [0.15, 0.2) is 200 Å². The zero-order chi connectivity index (χ0) is 41.0. The number of hydrogen-bond acceptors (Lipinski definition) is 3. The van der Waals surface area contributed by atoms with Crippen molar-refractivity contribution in [1.82, 2.24) is 24.1 Å². The van der Waals surface area contributed by atoms with Gasteiger partial charge in [-0.15, -0.1) is 0 Å². The van der Waals surface area contributed by atoms with E-state index in [0.29, 0.717) is 17.6 Å². The lowest BCUT2D eigenvalue weighted by atomic mass is 10.0. The summed E-state index contributed by atoms with van der Waals surface area (Å²) >= 11 is 0. The molecule has 0 aliphatic carbocycles. The number of benzene rings is 8. The summed E-state index contributed by atoms with van der Waals surface area (Å²) in [5.41, 5.74) is 11.9. The van der Waals surface area contributed by atoms with Crippen molar-refractivity contribution >= 4 is 43.6 Å². The predicted molar refractivity (Wildman–Crippen MR) is 253 cm³/mol. The highest BCUT2D eigenvalue weighted by Crippen LogP contribution is 2.41. The summed E-state index contributed by atoms with van der Waals surface area (Å²) in [5.74, 6) is 1.78. The van der Waals surface area contributed by atoms with E-state index < -0.39 is 0 Å². The van der Waals surface area contributed by atoms with Crippen LogP contribution in [0.3, 0.4) is 0 Å². The summed E-state index contributed by atoms with van der Waals surface area (Å²) in [6, 6.07) is 70.3. The van der Waals surface area contributed by atoms with Crippen molar-refractivity contribution in [2.24, 2.45) is 0 Å². The second-order valence-corrected chi connectivity index (χ2v) is 14.1. The molecule has 0 atom stereocenters. The topological polar surface area (TPSA) is 48.5 Å². The maximum atomic E-state index is 5.33. The number of para-hydroxylation sites is 3. The molecule has 11 aromatic rings. The van der Waals surface area contributed by atoms with E-state index in [9.17, 15) is 0 Å². The third kappa shape index (κ3) is 6.70. The van der Waals surface area contributed by atoms with Crippen LogP contribution in [0.1, 0.15) is 27.7 Å². The molecule has 5 nitrogen and oxygen atoms in total. The van der Waals surface area contributed by atoms with Gasteiger partial charge in [0, 0.05) is 38.4 Å². The van der Waals surface area contributed by atoms with Crippen molar-refractivity contribution in [3.8, 4) is 56.7 Å². The minimum absolute atomic E-state index is 0.563. The van der Waals surface area contributed by atoms with E-state index in [1.54, 1.807) is 0 Å². The Morgan fingerprint density at radius 2 is 0.633 bits per heavy atom. The van der Waals surface area contributed by atoms with E-state index in [1.807, 2.05) is 39.8 Å². The van der Waals surface area contributed by atoms with E-state index in [4.69, 9.17) is 15.0 Å². The number of aromatic nitrogens is 5. The highest BCUT2D eigenvalue weighted by atomic mass is 15.2. The van der Waals surface area contributed by atoms with Gasteiger partial charge >= 0.3 is 0 Å². The van der Waals surface area contributed by atoms with Crippen LogP contribution in [0.5, 0.6) is 0 Å². The molecule has 3 aromatic heterocycles. The van der Waals surface area contributed by atoms with Crippen LogP contribution < -0.4 is 0 Å². The zero-order valence-electron chi connectivity index (χ0n) is 34.3. The van der Waals surface area contributed by atoms with Crippen LogP contribution in [0.2, 0.25) is 0 Å². The van der Waals surface area contributed by atoms with Gasteiger partial charge in [0.05, 0.1) is 22.1 Å². The minimum Gasteiger partial charge on any atom is -0.307 e. The van der Waals surface area contributed by atoms with Crippen molar-refractivity contribution in [3.05, 3.63) is 200 Å². The largest absolute Gasteiger partial charge is 0.307 e. The van der Waals surface area contributed by atoms with Gasteiger partial charge in [-0.2, -0.15) is 9.97 Å². The van der Waals surface area contributed by atoms with Crippen molar-refractivity contribution in [3.63, 3.8) is 0 Å². The van der Waals surface area contributed by atoms with Gasteiger partial charge in [0.25, 0.3) is 0 Å². The average Bonchev–Trinajstić information content (AvgIpc) is 3.87. The lowest BCUT2D eigenvalue weighted by molar-refractivity contribution is 0.953. The molecule has 0 aliphatic rings. The van der Waals surface area contributed by atoms with Gasteiger partial charge in [-0.3, -0.25) is 4.57 Å². The predicted octanol–water partition coefficient (Wildman–Crippen LogP) is 14.8. The molecule has 11 rings (SSSR count). The maximum Gasteiger partial charge on any atom is 0.238 e. The molecule has 8 aromatic carbocycles. The molecule has 0 saturated heterocycles. The van der Waals surface area contributed by atoms with Crippen LogP contribution in [0, 0.1) is 0 Å². The molecule has 0 bridgehead atoms. The maximum absolute atomic E-state index is 5.33. The third-order valence-corrected chi connectivity index (χ3v) is 10.8. The van der Waals surface area contributed by atoms with Gasteiger partial charge in [-0.25, -0.2) is 4.98 Å². The number of nitrogens with zero attached hydrogens (tertiary/aromatic N) is 5. The molecule has 5 heteroatoms. The Morgan fingerprint density at radius 3 is 1.10 bits per heavy atom. The van der Waals surface area contributed by atoms with Crippen LogP contribution in [0.25, 0.3) is 100 Å². The Labute approximate surface area is 350 Å². The lowest BCUT2D eigenvalue weighted by Gasteiger charge is -2.13. The highest BCUT2D eigenvalue weighted by molar-refractivity contribution is 6.23. The fourth-order valence-electron chi connectivity index (χ4n) is 8.16. The summed E-state index contributed by atoms with van der Waals surface area (Å²) in [6.45, 7) is 8.00. The molecule has 0 unspecified atom stereocenters. The summed E-state index contributed by atoms with van der Waals surface area (Å²) in [5, 5.41) is 4.64. The first kappa shape index (κ1) is 37.9. The second-order valence-electron chi connectivity index (χ2n) is 14.1. The fourth-order valence-corrected chi connectivity index (χ4v) is 8.16. The van der Waals surface area contributed by atoms with Crippen molar-refractivity contribution in [2.45, 2.75) is 27.7 Å². The first-order valence-corrected chi connectivity index (χ1v) is 20.9. The Morgan fingerprint density at radius 1 is 0.283 bits per heavy atom. The van der Waals surface area contributed by atoms with Crippen LogP contribution in [-0.4, -0.2) is 24.1 Å². The summed E-state index contributed by atoms with van der Waals surface area (Å²) in [7, 11) is 0. The fraction of sp³-hybridized carbons (Fsp3) is 0.0727. The average molecular weight is 776 g/mol. The molecule has 0 fully saturated rings. The molecule has 290 valence electrons. The molecule has 3 heterocycles.